The molecular formula is C32H58N10. The molecule has 4 rings (SSSR count). The van der Waals surface area contributed by atoms with Crippen LogP contribution in [0.5, 0.6) is 0 Å². The van der Waals surface area contributed by atoms with E-state index in [4.69, 9.17) is 11.5 Å². The number of piperazine rings is 2. The molecule has 0 spiro atoms. The summed E-state index contributed by atoms with van der Waals surface area (Å²) in [4.78, 5) is 18.5. The van der Waals surface area contributed by atoms with Gasteiger partial charge in [-0.25, -0.2) is 0 Å². The maximum absolute atomic E-state index is 5.49. The predicted octanol–water partition coefficient (Wildman–Crippen LogP) is 1.06. The van der Waals surface area contributed by atoms with Gasteiger partial charge in [0.15, 0.2) is 0 Å². The fourth-order valence-corrected chi connectivity index (χ4v) is 5.43. The fraction of sp³-hybridized carbons (Fsp3) is 0.688. The Balaban J connectivity index is 0.000000291. The van der Waals surface area contributed by atoms with Crippen LogP contribution in [0.25, 0.3) is 0 Å². The standard InChI is InChI=1S/C22H34N6.C10H24N4/c1-5-21(17-23-7-1)19-25-9-3-11-27-13-15-28(16-14-27)12-4-10-26-20-22-6-2-8-24-18-22;11-3-1-5-13-7-9-14(10-8-13)6-2-4-12/h1-2,5-8,17-18,25-26H,3-4,9-16,19-20H2;1-12H2. The monoisotopic (exact) mass is 582 g/mol. The molecule has 4 heterocycles. The molecule has 0 radical (unpaired) electrons. The van der Waals surface area contributed by atoms with Crippen LogP contribution < -0.4 is 22.1 Å². The first kappa shape index (κ1) is 34.5. The van der Waals surface area contributed by atoms with Crippen LogP contribution >= 0.6 is 0 Å². The smallest absolute Gasteiger partial charge is 0.0312 e. The molecule has 0 bridgehead atoms. The van der Waals surface area contributed by atoms with Crippen LogP contribution in [0.3, 0.4) is 0 Å². The molecule has 0 unspecified atom stereocenters. The van der Waals surface area contributed by atoms with Crippen LogP contribution in [0, 0.1) is 0 Å². The molecule has 10 heteroatoms. The summed E-state index contributed by atoms with van der Waals surface area (Å²) in [5.74, 6) is 0. The van der Waals surface area contributed by atoms with E-state index in [9.17, 15) is 0 Å². The molecule has 236 valence electrons. The van der Waals surface area contributed by atoms with E-state index >= 15 is 0 Å². The molecule has 0 aromatic carbocycles. The van der Waals surface area contributed by atoms with Gasteiger partial charge in [0.25, 0.3) is 0 Å². The summed E-state index contributed by atoms with van der Waals surface area (Å²) in [5.41, 5.74) is 13.5. The van der Waals surface area contributed by atoms with E-state index in [1.165, 1.54) is 103 Å². The number of hydrogen-bond donors (Lipinski definition) is 4. The number of pyridine rings is 2. The topological polar surface area (TPSA) is 115 Å². The summed E-state index contributed by atoms with van der Waals surface area (Å²) in [6, 6.07) is 8.22. The lowest BCUT2D eigenvalue weighted by molar-refractivity contribution is 0.130. The van der Waals surface area contributed by atoms with Crippen LogP contribution in [-0.4, -0.2) is 134 Å². The molecule has 42 heavy (non-hydrogen) atoms. The second kappa shape index (κ2) is 22.5. The first-order chi connectivity index (χ1) is 20.8. The molecule has 0 atom stereocenters. The number of aromatic nitrogens is 2. The Morgan fingerprint density at radius 1 is 0.548 bits per heavy atom. The Labute approximate surface area is 255 Å². The van der Waals surface area contributed by atoms with Gasteiger partial charge in [-0.3, -0.25) is 9.97 Å². The second-order valence-electron chi connectivity index (χ2n) is 11.4. The van der Waals surface area contributed by atoms with Gasteiger partial charge in [0.2, 0.25) is 0 Å². The molecule has 2 aromatic rings. The minimum atomic E-state index is 0.813. The number of nitrogens with two attached hydrogens (primary N) is 2. The van der Waals surface area contributed by atoms with Gasteiger partial charge < -0.3 is 41.7 Å². The van der Waals surface area contributed by atoms with Crippen molar-refractivity contribution in [2.75, 3.05) is 105 Å². The molecule has 2 aliphatic rings. The fourth-order valence-electron chi connectivity index (χ4n) is 5.43. The molecule has 2 saturated heterocycles. The summed E-state index contributed by atoms with van der Waals surface area (Å²) in [5, 5.41) is 7.03. The van der Waals surface area contributed by atoms with Crippen LogP contribution in [0.2, 0.25) is 0 Å². The zero-order valence-electron chi connectivity index (χ0n) is 26.0. The van der Waals surface area contributed by atoms with Gasteiger partial charge >= 0.3 is 0 Å². The molecule has 0 saturated carbocycles. The van der Waals surface area contributed by atoms with Gasteiger partial charge in [-0.1, -0.05) is 12.1 Å². The van der Waals surface area contributed by atoms with E-state index in [-0.39, 0.29) is 0 Å². The summed E-state index contributed by atoms with van der Waals surface area (Å²) in [6.07, 6.45) is 12.2. The Kier molecular flexibility index (Phi) is 18.5. The number of nitrogens with one attached hydrogen (secondary N) is 2. The molecule has 10 nitrogen and oxygen atoms in total. The Bertz CT molecular complexity index is 798. The second-order valence-corrected chi connectivity index (χ2v) is 11.4. The highest BCUT2D eigenvalue weighted by atomic mass is 15.3. The van der Waals surface area contributed by atoms with Gasteiger partial charge in [0.05, 0.1) is 0 Å². The average molecular weight is 583 g/mol. The van der Waals surface area contributed by atoms with Crippen molar-refractivity contribution in [3.8, 4) is 0 Å². The average Bonchev–Trinajstić information content (AvgIpc) is 3.05. The minimum Gasteiger partial charge on any atom is -0.330 e. The Morgan fingerprint density at radius 2 is 0.905 bits per heavy atom. The van der Waals surface area contributed by atoms with Crippen molar-refractivity contribution < 1.29 is 0 Å². The largest absolute Gasteiger partial charge is 0.330 e. The minimum absolute atomic E-state index is 0.813. The first-order valence-electron chi connectivity index (χ1n) is 16.3. The van der Waals surface area contributed by atoms with Gasteiger partial charge in [-0.2, -0.15) is 0 Å². The highest BCUT2D eigenvalue weighted by molar-refractivity contribution is 5.08. The zero-order valence-corrected chi connectivity index (χ0v) is 26.0. The SMILES string of the molecule is NCCCN1CCN(CCCN)CC1.c1cncc(CNCCCN2CCN(CCCNCc3cccnc3)CC2)c1. The summed E-state index contributed by atoms with van der Waals surface area (Å²) >= 11 is 0. The van der Waals surface area contributed by atoms with Crippen molar-refractivity contribution in [1.82, 2.24) is 40.2 Å². The third-order valence-corrected chi connectivity index (χ3v) is 8.05. The molecular weight excluding hydrogens is 524 g/mol. The van der Waals surface area contributed by atoms with Crippen LogP contribution in [0.1, 0.15) is 36.8 Å². The summed E-state index contributed by atoms with van der Waals surface area (Å²) in [6.45, 7) is 19.9. The molecule has 2 aromatic heterocycles. The molecule has 0 amide bonds. The van der Waals surface area contributed by atoms with E-state index in [0.717, 1.165) is 52.1 Å². The van der Waals surface area contributed by atoms with E-state index in [1.54, 1.807) is 0 Å². The highest BCUT2D eigenvalue weighted by Crippen LogP contribution is 2.04. The summed E-state index contributed by atoms with van der Waals surface area (Å²) in [7, 11) is 0. The number of nitrogens with zero attached hydrogens (tertiary/aromatic N) is 6. The van der Waals surface area contributed by atoms with Crippen molar-refractivity contribution in [3.05, 3.63) is 60.2 Å². The van der Waals surface area contributed by atoms with Crippen molar-refractivity contribution in [2.24, 2.45) is 11.5 Å². The quantitative estimate of drug-likeness (QED) is 0.190. The van der Waals surface area contributed by atoms with Crippen molar-refractivity contribution in [3.63, 3.8) is 0 Å². The Hall–Kier alpha value is -2.02. The lowest BCUT2D eigenvalue weighted by atomic mass is 10.2. The number of rotatable bonds is 18. The third kappa shape index (κ3) is 15.5. The van der Waals surface area contributed by atoms with Crippen molar-refractivity contribution in [2.45, 2.75) is 38.8 Å². The molecule has 2 aliphatic heterocycles. The van der Waals surface area contributed by atoms with E-state index in [2.05, 4.69) is 52.3 Å². The number of hydrogen-bond acceptors (Lipinski definition) is 10. The molecule has 0 aliphatic carbocycles. The Morgan fingerprint density at radius 3 is 1.21 bits per heavy atom. The zero-order chi connectivity index (χ0) is 29.5. The predicted molar refractivity (Wildman–Crippen MR) is 174 cm³/mol. The van der Waals surface area contributed by atoms with Crippen molar-refractivity contribution >= 4 is 0 Å². The normalized spacial score (nSPS) is 17.2. The van der Waals surface area contributed by atoms with Crippen LogP contribution in [0.4, 0.5) is 0 Å². The van der Waals surface area contributed by atoms with Gasteiger partial charge in [0.1, 0.15) is 0 Å². The van der Waals surface area contributed by atoms with E-state index in [1.807, 2.05) is 36.9 Å². The maximum Gasteiger partial charge on any atom is 0.0312 e. The molecule has 2 fully saturated rings. The van der Waals surface area contributed by atoms with E-state index in [0.29, 0.717) is 0 Å². The van der Waals surface area contributed by atoms with Gasteiger partial charge in [-0.05, 0) is 101 Å². The van der Waals surface area contributed by atoms with Crippen LogP contribution in [-0.2, 0) is 13.1 Å². The van der Waals surface area contributed by atoms with Crippen molar-refractivity contribution in [1.29, 1.82) is 0 Å². The lowest BCUT2D eigenvalue weighted by Gasteiger charge is -2.34. The van der Waals surface area contributed by atoms with Crippen LogP contribution in [0.15, 0.2) is 49.1 Å². The van der Waals surface area contributed by atoms with Gasteiger partial charge in [-0.15, -0.1) is 0 Å². The van der Waals surface area contributed by atoms with Gasteiger partial charge in [0, 0.05) is 90.2 Å². The first-order valence-corrected chi connectivity index (χ1v) is 16.3. The third-order valence-electron chi connectivity index (χ3n) is 8.05. The lowest BCUT2D eigenvalue weighted by Crippen LogP contribution is -2.47. The highest BCUT2D eigenvalue weighted by Gasteiger charge is 2.16. The van der Waals surface area contributed by atoms with E-state index < -0.39 is 0 Å². The maximum atomic E-state index is 5.49. The summed E-state index contributed by atoms with van der Waals surface area (Å²) < 4.78 is 0. The molecule has 6 N–H and O–H groups in total.